The Morgan fingerprint density at radius 3 is 2.49 bits per heavy atom. The Hall–Kier alpha value is -3.77. The summed E-state index contributed by atoms with van der Waals surface area (Å²) in [6.45, 7) is 2.33. The molecule has 12 heteroatoms. The molecule has 1 fully saturated rings. The summed E-state index contributed by atoms with van der Waals surface area (Å²) in [6.07, 6.45) is 1.21. The molecule has 1 aliphatic rings. The molecule has 184 valence electrons. The first-order chi connectivity index (χ1) is 16.6. The number of anilines is 2. The maximum absolute atomic E-state index is 13.9. The van der Waals surface area contributed by atoms with E-state index in [9.17, 15) is 22.4 Å². The number of aromatic nitrogens is 1. The number of nitrogens with two attached hydrogens (primary N) is 1. The van der Waals surface area contributed by atoms with Gasteiger partial charge in [-0.2, -0.15) is 4.31 Å². The van der Waals surface area contributed by atoms with Crippen LogP contribution in [0.3, 0.4) is 0 Å². The highest BCUT2D eigenvalue weighted by atomic mass is 32.2. The number of amides is 2. The molecule has 0 spiro atoms. The summed E-state index contributed by atoms with van der Waals surface area (Å²) in [6, 6.07) is 8.65. The zero-order chi connectivity index (χ0) is 25.3. The first kappa shape index (κ1) is 24.4. The smallest absolute Gasteiger partial charge is 0.252 e. The van der Waals surface area contributed by atoms with E-state index in [-0.39, 0.29) is 59.5 Å². The van der Waals surface area contributed by atoms with E-state index in [1.807, 2.05) is 0 Å². The molecule has 0 saturated carbocycles. The molecule has 0 bridgehead atoms. The fourth-order valence-electron chi connectivity index (χ4n) is 3.99. The second kappa shape index (κ2) is 9.47. The lowest BCUT2D eigenvalue weighted by atomic mass is 10.1. The van der Waals surface area contributed by atoms with Crippen LogP contribution >= 0.6 is 0 Å². The molecule has 10 nitrogen and oxygen atoms in total. The normalized spacial score (nSPS) is 14.7. The van der Waals surface area contributed by atoms with Crippen molar-refractivity contribution in [1.29, 1.82) is 0 Å². The SMILES string of the molecule is COc1cc(Nc2c(C(N)=O)cnc3c(S(=O)(=O)N4CCN(C(C)=O)CC4)cccc23)ccc1F. The minimum absolute atomic E-state index is 0.0121. The molecule has 0 unspecified atom stereocenters. The number of primary amides is 1. The van der Waals surface area contributed by atoms with Crippen LogP contribution in [0, 0.1) is 5.82 Å². The Labute approximate surface area is 201 Å². The monoisotopic (exact) mass is 501 g/mol. The molecule has 1 aliphatic heterocycles. The van der Waals surface area contributed by atoms with E-state index in [0.717, 1.165) is 0 Å². The molecular formula is C23H24FN5O5S. The number of benzene rings is 2. The number of pyridine rings is 1. The number of nitrogens with zero attached hydrogens (tertiary/aromatic N) is 3. The third kappa shape index (κ3) is 4.62. The van der Waals surface area contributed by atoms with Crippen LogP contribution in [0.15, 0.2) is 47.5 Å². The number of nitrogens with one attached hydrogen (secondary N) is 1. The molecule has 2 amide bonds. The van der Waals surface area contributed by atoms with Gasteiger partial charge in [0.25, 0.3) is 5.91 Å². The lowest BCUT2D eigenvalue weighted by Gasteiger charge is -2.33. The Morgan fingerprint density at radius 1 is 1.14 bits per heavy atom. The Morgan fingerprint density at radius 2 is 1.86 bits per heavy atom. The van der Waals surface area contributed by atoms with Crippen LogP contribution in [0.1, 0.15) is 17.3 Å². The number of methoxy groups -OCH3 is 1. The number of hydrogen-bond donors (Lipinski definition) is 2. The van der Waals surface area contributed by atoms with E-state index < -0.39 is 21.7 Å². The highest BCUT2D eigenvalue weighted by molar-refractivity contribution is 7.89. The number of hydrogen-bond acceptors (Lipinski definition) is 7. The van der Waals surface area contributed by atoms with Gasteiger partial charge in [-0.25, -0.2) is 12.8 Å². The van der Waals surface area contributed by atoms with Gasteiger partial charge >= 0.3 is 0 Å². The van der Waals surface area contributed by atoms with Gasteiger partial charge in [-0.3, -0.25) is 14.6 Å². The Kier molecular flexibility index (Phi) is 6.59. The third-order valence-corrected chi connectivity index (χ3v) is 7.78. The summed E-state index contributed by atoms with van der Waals surface area (Å²) >= 11 is 0. The van der Waals surface area contributed by atoms with Crippen molar-refractivity contribution in [3.05, 3.63) is 54.0 Å². The van der Waals surface area contributed by atoms with Crippen molar-refractivity contribution in [3.8, 4) is 5.75 Å². The van der Waals surface area contributed by atoms with Crippen molar-refractivity contribution in [2.24, 2.45) is 5.73 Å². The standard InChI is InChI=1S/C23H24FN5O5S/c1-14(30)28-8-10-29(11-9-28)35(32,33)20-5-3-4-16-21(17(23(25)31)13-26-22(16)20)27-15-6-7-18(24)19(12-15)34-2/h3-7,12-13H,8-11H2,1-2H3,(H2,25,31)(H,26,27). The number of ether oxygens (including phenoxy) is 1. The van der Waals surface area contributed by atoms with Gasteiger partial charge in [-0.05, 0) is 18.2 Å². The Balaban J connectivity index is 1.80. The summed E-state index contributed by atoms with van der Waals surface area (Å²) in [4.78, 5) is 29.6. The summed E-state index contributed by atoms with van der Waals surface area (Å²) in [7, 11) is -2.63. The van der Waals surface area contributed by atoms with Crippen molar-refractivity contribution in [2.45, 2.75) is 11.8 Å². The number of halogens is 1. The molecule has 3 N–H and O–H groups in total. The van der Waals surface area contributed by atoms with Crippen molar-refractivity contribution in [1.82, 2.24) is 14.2 Å². The minimum Gasteiger partial charge on any atom is -0.494 e. The summed E-state index contributed by atoms with van der Waals surface area (Å²) < 4.78 is 47.2. The highest BCUT2D eigenvalue weighted by Gasteiger charge is 2.31. The highest BCUT2D eigenvalue weighted by Crippen LogP contribution is 2.34. The van der Waals surface area contributed by atoms with Gasteiger partial charge in [-0.1, -0.05) is 12.1 Å². The average Bonchev–Trinajstić information content (AvgIpc) is 2.84. The molecule has 3 aromatic rings. The number of carbonyl (C=O) groups excluding carboxylic acids is 2. The second-order valence-electron chi connectivity index (χ2n) is 7.95. The maximum atomic E-state index is 13.9. The van der Waals surface area contributed by atoms with Crippen LogP contribution in [-0.2, 0) is 14.8 Å². The van der Waals surface area contributed by atoms with Crippen molar-refractivity contribution in [2.75, 3.05) is 38.6 Å². The first-order valence-corrected chi connectivity index (χ1v) is 12.1. The third-order valence-electron chi connectivity index (χ3n) is 5.85. The van der Waals surface area contributed by atoms with Gasteiger partial charge in [0.1, 0.15) is 4.90 Å². The van der Waals surface area contributed by atoms with Gasteiger partial charge in [-0.15, -0.1) is 0 Å². The van der Waals surface area contributed by atoms with Crippen LogP contribution in [0.2, 0.25) is 0 Å². The van der Waals surface area contributed by atoms with Gasteiger partial charge in [0, 0.05) is 56.4 Å². The number of rotatable bonds is 6. The van der Waals surface area contributed by atoms with Crippen molar-refractivity contribution < 1.29 is 27.1 Å². The van der Waals surface area contributed by atoms with Crippen LogP contribution in [0.4, 0.5) is 15.8 Å². The molecule has 1 saturated heterocycles. The van der Waals surface area contributed by atoms with Gasteiger partial charge in [0.2, 0.25) is 15.9 Å². The Bertz CT molecular complexity index is 1420. The predicted molar refractivity (Wildman–Crippen MR) is 128 cm³/mol. The van der Waals surface area contributed by atoms with E-state index in [1.165, 1.54) is 48.8 Å². The summed E-state index contributed by atoms with van der Waals surface area (Å²) in [5, 5.41) is 3.38. The van der Waals surface area contributed by atoms with Gasteiger partial charge in [0.15, 0.2) is 11.6 Å². The number of piperazine rings is 1. The zero-order valence-corrected chi connectivity index (χ0v) is 19.9. The number of para-hydroxylation sites is 1. The number of carbonyl (C=O) groups is 2. The maximum Gasteiger partial charge on any atom is 0.252 e. The quantitative estimate of drug-likeness (QED) is 0.528. The van der Waals surface area contributed by atoms with E-state index in [0.29, 0.717) is 11.1 Å². The number of fused-ring (bicyclic) bond motifs is 1. The predicted octanol–water partition coefficient (Wildman–Crippen LogP) is 2.08. The molecule has 0 aliphatic carbocycles. The largest absolute Gasteiger partial charge is 0.494 e. The molecule has 2 aromatic carbocycles. The van der Waals surface area contributed by atoms with E-state index in [4.69, 9.17) is 10.5 Å². The topological polar surface area (TPSA) is 135 Å². The number of sulfonamides is 1. The lowest BCUT2D eigenvalue weighted by Crippen LogP contribution is -2.49. The second-order valence-corrected chi connectivity index (χ2v) is 9.85. The molecule has 2 heterocycles. The molecule has 0 atom stereocenters. The van der Waals surface area contributed by atoms with Crippen LogP contribution < -0.4 is 15.8 Å². The summed E-state index contributed by atoms with van der Waals surface area (Å²) in [5.41, 5.74) is 6.36. The van der Waals surface area contributed by atoms with E-state index in [2.05, 4.69) is 10.3 Å². The van der Waals surface area contributed by atoms with Crippen LogP contribution in [0.5, 0.6) is 5.75 Å². The van der Waals surface area contributed by atoms with Crippen molar-refractivity contribution in [3.63, 3.8) is 0 Å². The van der Waals surface area contributed by atoms with E-state index >= 15 is 0 Å². The average molecular weight is 502 g/mol. The van der Waals surface area contributed by atoms with Crippen molar-refractivity contribution >= 4 is 44.1 Å². The zero-order valence-electron chi connectivity index (χ0n) is 19.1. The fraction of sp³-hybridized carbons (Fsp3) is 0.261. The van der Waals surface area contributed by atoms with Crippen LogP contribution in [0.25, 0.3) is 10.9 Å². The molecular weight excluding hydrogens is 477 g/mol. The van der Waals surface area contributed by atoms with Gasteiger partial charge in [0.05, 0.1) is 23.9 Å². The molecule has 4 rings (SSSR count). The fourth-order valence-corrected chi connectivity index (χ4v) is 5.57. The summed E-state index contributed by atoms with van der Waals surface area (Å²) in [5.74, 6) is -1.46. The molecule has 35 heavy (non-hydrogen) atoms. The van der Waals surface area contributed by atoms with Crippen LogP contribution in [-0.4, -0.2) is 67.7 Å². The molecule has 1 aromatic heterocycles. The lowest BCUT2D eigenvalue weighted by molar-refractivity contribution is -0.129. The first-order valence-electron chi connectivity index (χ1n) is 10.7. The minimum atomic E-state index is -3.96. The molecule has 0 radical (unpaired) electrons. The van der Waals surface area contributed by atoms with Gasteiger partial charge < -0.3 is 20.7 Å². The van der Waals surface area contributed by atoms with E-state index in [1.54, 1.807) is 17.0 Å².